The molecular formula is C14H22N2S. The molecule has 1 fully saturated rings. The second-order valence-corrected chi connectivity index (χ2v) is 5.89. The van der Waals surface area contributed by atoms with Crippen molar-refractivity contribution in [1.82, 2.24) is 4.90 Å². The zero-order chi connectivity index (χ0) is 12.4. The number of benzene rings is 1. The van der Waals surface area contributed by atoms with Crippen LogP contribution in [0.15, 0.2) is 23.1 Å². The molecule has 1 aromatic carbocycles. The van der Waals surface area contributed by atoms with Gasteiger partial charge in [0.05, 0.1) is 0 Å². The normalized spacial score (nSPS) is 25.4. The number of likely N-dealkylation sites (tertiary alicyclic amines) is 1. The fraction of sp³-hybridized carbons (Fsp3) is 0.571. The molecule has 0 spiro atoms. The summed E-state index contributed by atoms with van der Waals surface area (Å²) in [6, 6.07) is 7.36. The first-order chi connectivity index (χ1) is 8.15. The molecule has 1 aliphatic rings. The quantitative estimate of drug-likeness (QED) is 0.836. The number of hydrogen-bond acceptors (Lipinski definition) is 3. The van der Waals surface area contributed by atoms with Crippen LogP contribution in [0.5, 0.6) is 0 Å². The molecule has 1 aromatic rings. The summed E-state index contributed by atoms with van der Waals surface area (Å²) in [6.07, 6.45) is 3.36. The summed E-state index contributed by atoms with van der Waals surface area (Å²) in [4.78, 5) is 3.86. The van der Waals surface area contributed by atoms with Crippen molar-refractivity contribution in [3.63, 3.8) is 0 Å². The monoisotopic (exact) mass is 250 g/mol. The maximum atomic E-state index is 5.80. The standard InChI is InChI=1S/C14H22N2S/c1-10-4-5-12(14(6-10)17-3)13-7-11(8-15)9-16(13)2/h4-6,11,13H,7-9,15H2,1-3H3. The van der Waals surface area contributed by atoms with Crippen molar-refractivity contribution >= 4 is 11.8 Å². The summed E-state index contributed by atoms with van der Waals surface area (Å²) in [5.41, 5.74) is 8.61. The lowest BCUT2D eigenvalue weighted by molar-refractivity contribution is 0.310. The molecule has 0 aliphatic carbocycles. The van der Waals surface area contributed by atoms with Gasteiger partial charge in [-0.2, -0.15) is 0 Å². The van der Waals surface area contributed by atoms with Crippen LogP contribution in [0.1, 0.15) is 23.6 Å². The van der Waals surface area contributed by atoms with Gasteiger partial charge < -0.3 is 5.73 Å². The average Bonchev–Trinajstić information content (AvgIpc) is 2.70. The third-order valence-electron chi connectivity index (χ3n) is 3.72. The van der Waals surface area contributed by atoms with Crippen LogP contribution in [-0.2, 0) is 0 Å². The van der Waals surface area contributed by atoms with E-state index in [9.17, 15) is 0 Å². The van der Waals surface area contributed by atoms with Crippen LogP contribution in [0.25, 0.3) is 0 Å². The van der Waals surface area contributed by atoms with Gasteiger partial charge in [0, 0.05) is 17.5 Å². The number of aryl methyl sites for hydroxylation is 1. The highest BCUT2D eigenvalue weighted by Crippen LogP contribution is 2.38. The Balaban J connectivity index is 2.28. The van der Waals surface area contributed by atoms with E-state index in [1.165, 1.54) is 22.4 Å². The molecule has 0 saturated carbocycles. The maximum absolute atomic E-state index is 5.80. The van der Waals surface area contributed by atoms with Crippen LogP contribution in [0.3, 0.4) is 0 Å². The highest BCUT2D eigenvalue weighted by molar-refractivity contribution is 7.98. The van der Waals surface area contributed by atoms with E-state index in [0.29, 0.717) is 12.0 Å². The molecule has 2 unspecified atom stereocenters. The van der Waals surface area contributed by atoms with Crippen LogP contribution in [0.2, 0.25) is 0 Å². The zero-order valence-corrected chi connectivity index (χ0v) is 11.8. The molecule has 1 aliphatic heterocycles. The van der Waals surface area contributed by atoms with Gasteiger partial charge in [-0.25, -0.2) is 0 Å². The molecule has 0 amide bonds. The second kappa shape index (κ2) is 5.42. The Kier molecular flexibility index (Phi) is 4.13. The number of rotatable bonds is 3. The summed E-state index contributed by atoms with van der Waals surface area (Å²) >= 11 is 1.85. The summed E-state index contributed by atoms with van der Waals surface area (Å²) in [7, 11) is 2.21. The molecule has 1 heterocycles. The predicted molar refractivity (Wildman–Crippen MR) is 75.5 cm³/mol. The lowest BCUT2D eigenvalue weighted by Gasteiger charge is -2.22. The molecule has 17 heavy (non-hydrogen) atoms. The van der Waals surface area contributed by atoms with E-state index in [1.807, 2.05) is 11.8 Å². The summed E-state index contributed by atoms with van der Waals surface area (Å²) in [6.45, 7) is 4.09. The minimum Gasteiger partial charge on any atom is -0.330 e. The van der Waals surface area contributed by atoms with E-state index in [2.05, 4.69) is 43.3 Å². The Morgan fingerprint density at radius 1 is 1.47 bits per heavy atom. The molecule has 2 rings (SSSR count). The Morgan fingerprint density at radius 3 is 2.82 bits per heavy atom. The number of thioether (sulfide) groups is 1. The van der Waals surface area contributed by atoms with Gasteiger partial charge in [-0.05, 0) is 56.3 Å². The molecule has 2 N–H and O–H groups in total. The minimum atomic E-state index is 0.548. The minimum absolute atomic E-state index is 0.548. The molecule has 2 atom stereocenters. The summed E-state index contributed by atoms with van der Waals surface area (Å²) < 4.78 is 0. The van der Waals surface area contributed by atoms with Gasteiger partial charge in [0.25, 0.3) is 0 Å². The fourth-order valence-corrected chi connectivity index (χ4v) is 3.48. The van der Waals surface area contributed by atoms with Crippen molar-refractivity contribution in [3.8, 4) is 0 Å². The highest BCUT2D eigenvalue weighted by atomic mass is 32.2. The Morgan fingerprint density at radius 2 is 2.24 bits per heavy atom. The number of nitrogens with zero attached hydrogens (tertiary/aromatic N) is 1. The predicted octanol–water partition coefficient (Wildman–Crippen LogP) is 2.67. The SMILES string of the molecule is CSc1cc(C)ccc1C1CC(CN)CN1C. The number of hydrogen-bond donors (Lipinski definition) is 1. The van der Waals surface area contributed by atoms with Gasteiger partial charge in [-0.1, -0.05) is 12.1 Å². The smallest absolute Gasteiger partial charge is 0.0359 e. The van der Waals surface area contributed by atoms with Crippen LogP contribution in [0.4, 0.5) is 0 Å². The molecule has 94 valence electrons. The van der Waals surface area contributed by atoms with Crippen LogP contribution in [0, 0.1) is 12.8 Å². The van der Waals surface area contributed by atoms with Gasteiger partial charge in [0.15, 0.2) is 0 Å². The van der Waals surface area contributed by atoms with Gasteiger partial charge in [-0.3, -0.25) is 4.90 Å². The molecule has 0 bridgehead atoms. The van der Waals surface area contributed by atoms with Crippen LogP contribution in [-0.4, -0.2) is 31.3 Å². The van der Waals surface area contributed by atoms with Crippen molar-refractivity contribution in [2.24, 2.45) is 11.7 Å². The first kappa shape index (κ1) is 12.9. The Labute approximate surface area is 109 Å². The van der Waals surface area contributed by atoms with Crippen molar-refractivity contribution in [2.75, 3.05) is 26.4 Å². The van der Waals surface area contributed by atoms with E-state index in [0.717, 1.165) is 13.1 Å². The van der Waals surface area contributed by atoms with E-state index in [-0.39, 0.29) is 0 Å². The first-order valence-corrected chi connectivity index (χ1v) is 7.43. The third kappa shape index (κ3) is 2.67. The Hall–Kier alpha value is -0.510. The van der Waals surface area contributed by atoms with E-state index < -0.39 is 0 Å². The molecule has 0 aromatic heterocycles. The van der Waals surface area contributed by atoms with Crippen LogP contribution >= 0.6 is 11.8 Å². The van der Waals surface area contributed by atoms with Gasteiger partial charge in [0.1, 0.15) is 0 Å². The topological polar surface area (TPSA) is 29.3 Å². The van der Waals surface area contributed by atoms with Crippen LogP contribution < -0.4 is 5.73 Å². The molecule has 0 radical (unpaired) electrons. The molecular weight excluding hydrogens is 228 g/mol. The van der Waals surface area contributed by atoms with Gasteiger partial charge >= 0.3 is 0 Å². The van der Waals surface area contributed by atoms with E-state index in [1.54, 1.807) is 0 Å². The van der Waals surface area contributed by atoms with Crippen molar-refractivity contribution < 1.29 is 0 Å². The lowest BCUT2D eigenvalue weighted by Crippen LogP contribution is -2.20. The largest absolute Gasteiger partial charge is 0.330 e. The first-order valence-electron chi connectivity index (χ1n) is 6.20. The Bertz CT molecular complexity index is 392. The van der Waals surface area contributed by atoms with Gasteiger partial charge in [-0.15, -0.1) is 11.8 Å². The van der Waals surface area contributed by atoms with E-state index >= 15 is 0 Å². The van der Waals surface area contributed by atoms with Crippen molar-refractivity contribution in [3.05, 3.63) is 29.3 Å². The third-order valence-corrected chi connectivity index (χ3v) is 4.51. The molecule has 3 heteroatoms. The van der Waals surface area contributed by atoms with Crippen molar-refractivity contribution in [1.29, 1.82) is 0 Å². The van der Waals surface area contributed by atoms with Gasteiger partial charge in [0.2, 0.25) is 0 Å². The zero-order valence-electron chi connectivity index (χ0n) is 10.9. The second-order valence-electron chi connectivity index (χ2n) is 5.04. The molecule has 1 saturated heterocycles. The fourth-order valence-electron chi connectivity index (χ4n) is 2.73. The number of nitrogens with two attached hydrogens (primary N) is 1. The molecule has 2 nitrogen and oxygen atoms in total. The summed E-state index contributed by atoms with van der Waals surface area (Å²) in [5, 5.41) is 0. The lowest BCUT2D eigenvalue weighted by atomic mass is 9.99. The summed E-state index contributed by atoms with van der Waals surface area (Å²) in [5.74, 6) is 0.654. The van der Waals surface area contributed by atoms with E-state index in [4.69, 9.17) is 5.73 Å². The maximum Gasteiger partial charge on any atom is 0.0359 e. The van der Waals surface area contributed by atoms with Crippen molar-refractivity contribution in [2.45, 2.75) is 24.3 Å². The highest BCUT2D eigenvalue weighted by Gasteiger charge is 2.30. The average molecular weight is 250 g/mol.